The second-order valence-electron chi connectivity index (χ2n) is 13.5. The fourth-order valence-electron chi connectivity index (χ4n) is 8.47. The van der Waals surface area contributed by atoms with Gasteiger partial charge in [-0.25, -0.2) is 8.78 Å². The zero-order valence-corrected chi connectivity index (χ0v) is 26.3. The summed E-state index contributed by atoms with van der Waals surface area (Å²) >= 11 is 0. The summed E-state index contributed by atoms with van der Waals surface area (Å²) in [6.07, 6.45) is 6.75. The van der Waals surface area contributed by atoms with Crippen molar-refractivity contribution < 1.29 is 28.1 Å². The molecule has 0 radical (unpaired) electrons. The topological polar surface area (TPSA) is 93.1 Å². The van der Waals surface area contributed by atoms with Crippen LogP contribution in [0.25, 0.3) is 32.9 Å². The number of aromatic nitrogens is 3. The molecule has 8 rings (SSSR count). The van der Waals surface area contributed by atoms with Crippen molar-refractivity contribution in [1.82, 2.24) is 19.9 Å². The van der Waals surface area contributed by atoms with Crippen LogP contribution in [0.2, 0.25) is 0 Å². The number of ether oxygens (including phenoxy) is 3. The summed E-state index contributed by atoms with van der Waals surface area (Å²) in [6.45, 7) is 8.82. The van der Waals surface area contributed by atoms with Gasteiger partial charge in [0.15, 0.2) is 11.6 Å². The number of benzene rings is 2. The number of rotatable bonds is 6. The first-order chi connectivity index (χ1) is 22.3. The van der Waals surface area contributed by atoms with Gasteiger partial charge < -0.3 is 24.2 Å². The highest BCUT2D eigenvalue weighted by Gasteiger charge is 2.48. The van der Waals surface area contributed by atoms with Crippen LogP contribution < -0.4 is 9.64 Å². The Kier molecular flexibility index (Phi) is 7.26. The number of hydrogen-bond donors (Lipinski definition) is 1. The lowest BCUT2D eigenvalue weighted by Crippen LogP contribution is -2.49. The number of piperidine rings is 1. The van der Waals surface area contributed by atoms with E-state index in [1.54, 1.807) is 18.3 Å². The van der Waals surface area contributed by atoms with Crippen molar-refractivity contribution in [2.24, 2.45) is 5.92 Å². The maximum absolute atomic E-state index is 16.9. The van der Waals surface area contributed by atoms with E-state index in [0.717, 1.165) is 45.2 Å². The summed E-state index contributed by atoms with van der Waals surface area (Å²) in [6, 6.07) is 6.06. The fraction of sp³-hybridized carbons (Fsp3) is 0.514. The molecular formula is C35H39F2N5O4. The van der Waals surface area contributed by atoms with Gasteiger partial charge in [-0.15, -0.1) is 0 Å². The Hall–Kier alpha value is -3.67. The summed E-state index contributed by atoms with van der Waals surface area (Å²) in [5.74, 6) is -0.773. The smallest absolute Gasteiger partial charge is 0.319 e. The number of aryl methyl sites for hydroxylation is 1. The molecule has 2 aromatic carbocycles. The standard InChI is InChI=1S/C35H39F2N5O4/c1-3-24-27(36)7-6-22-14-23(43)15-25(28(22)24)30-29(37)31-26(17-38-30)32(41-10-5-9-35(19-41)45-12-13-46-35)40-33(39-31)44-20-34-8-4-11-42(34)18-21(2)16-34/h6-7,14-15,17,21,43H,3-5,8-13,16,18-20H2,1-2H3/t21-,34+/m1/s1. The van der Waals surface area contributed by atoms with Gasteiger partial charge in [0.05, 0.1) is 30.7 Å². The van der Waals surface area contributed by atoms with Gasteiger partial charge in [0.25, 0.3) is 0 Å². The average molecular weight is 632 g/mol. The Morgan fingerprint density at radius 1 is 1.09 bits per heavy atom. The van der Waals surface area contributed by atoms with E-state index in [2.05, 4.69) is 26.7 Å². The first-order valence-electron chi connectivity index (χ1n) is 16.5. The molecule has 4 aromatic rings. The molecule has 4 aliphatic heterocycles. The molecule has 11 heteroatoms. The Morgan fingerprint density at radius 2 is 1.91 bits per heavy atom. The van der Waals surface area contributed by atoms with Crippen molar-refractivity contribution in [3.8, 4) is 23.0 Å². The second-order valence-corrected chi connectivity index (χ2v) is 13.5. The van der Waals surface area contributed by atoms with Crippen molar-refractivity contribution >= 4 is 27.5 Å². The molecule has 0 saturated carbocycles. The molecule has 2 atom stereocenters. The molecule has 4 saturated heterocycles. The molecule has 0 aliphatic carbocycles. The van der Waals surface area contributed by atoms with E-state index < -0.39 is 11.6 Å². The maximum atomic E-state index is 16.9. The van der Waals surface area contributed by atoms with Crippen LogP contribution in [-0.4, -0.2) is 82.3 Å². The number of anilines is 1. The van der Waals surface area contributed by atoms with Crippen LogP contribution in [-0.2, 0) is 15.9 Å². The largest absolute Gasteiger partial charge is 0.508 e. The average Bonchev–Trinajstić information content (AvgIpc) is 3.74. The third kappa shape index (κ3) is 4.86. The SMILES string of the molecule is CCc1c(F)ccc2cc(O)cc(-c3ncc4c(N5CCCC6(C5)OCCO6)nc(OC[C@@]56CCCN5C[C@H](C)C6)nc4c3F)c12. The molecule has 0 amide bonds. The van der Waals surface area contributed by atoms with Gasteiger partial charge in [0.1, 0.15) is 35.2 Å². The lowest BCUT2D eigenvalue weighted by Gasteiger charge is -2.39. The molecule has 242 valence electrons. The van der Waals surface area contributed by atoms with Gasteiger partial charge in [-0.2, -0.15) is 9.97 Å². The maximum Gasteiger partial charge on any atom is 0.319 e. The number of nitrogens with zero attached hydrogens (tertiary/aromatic N) is 5. The van der Waals surface area contributed by atoms with E-state index >= 15 is 4.39 Å². The number of pyridine rings is 1. The summed E-state index contributed by atoms with van der Waals surface area (Å²) in [5, 5.41) is 12.2. The molecule has 1 spiro atoms. The molecule has 0 unspecified atom stereocenters. The number of fused-ring (bicyclic) bond motifs is 3. The minimum atomic E-state index is -0.729. The Morgan fingerprint density at radius 3 is 2.74 bits per heavy atom. The highest BCUT2D eigenvalue weighted by atomic mass is 19.1. The fourth-order valence-corrected chi connectivity index (χ4v) is 8.47. The minimum absolute atomic E-state index is 0.0212. The van der Waals surface area contributed by atoms with Crippen LogP contribution in [0.3, 0.4) is 0 Å². The Labute approximate surface area is 266 Å². The van der Waals surface area contributed by atoms with E-state index in [1.807, 2.05) is 6.92 Å². The van der Waals surface area contributed by atoms with Crippen LogP contribution in [0, 0.1) is 17.6 Å². The van der Waals surface area contributed by atoms with Gasteiger partial charge in [-0.3, -0.25) is 9.88 Å². The Bertz CT molecular complexity index is 1830. The molecule has 4 fully saturated rings. The monoisotopic (exact) mass is 631 g/mol. The van der Waals surface area contributed by atoms with Gasteiger partial charge in [0, 0.05) is 31.3 Å². The number of phenols is 1. The van der Waals surface area contributed by atoms with Crippen molar-refractivity contribution in [2.75, 3.05) is 50.9 Å². The summed E-state index contributed by atoms with van der Waals surface area (Å²) < 4.78 is 50.4. The van der Waals surface area contributed by atoms with E-state index in [0.29, 0.717) is 78.4 Å². The first kappa shape index (κ1) is 29.7. The van der Waals surface area contributed by atoms with Crippen molar-refractivity contribution in [2.45, 2.75) is 63.7 Å². The van der Waals surface area contributed by atoms with E-state index in [1.165, 1.54) is 12.1 Å². The zero-order chi connectivity index (χ0) is 31.6. The predicted molar refractivity (Wildman–Crippen MR) is 170 cm³/mol. The Balaban J connectivity index is 1.27. The van der Waals surface area contributed by atoms with Crippen molar-refractivity contribution in [3.05, 3.63) is 47.7 Å². The van der Waals surface area contributed by atoms with Crippen LogP contribution in [0.5, 0.6) is 11.8 Å². The van der Waals surface area contributed by atoms with E-state index in [4.69, 9.17) is 19.2 Å². The normalized spacial score (nSPS) is 24.4. The van der Waals surface area contributed by atoms with Crippen LogP contribution in [0.1, 0.15) is 51.5 Å². The van der Waals surface area contributed by atoms with Crippen LogP contribution in [0.4, 0.5) is 14.6 Å². The summed E-state index contributed by atoms with van der Waals surface area (Å²) in [4.78, 5) is 18.7. The number of phenolic OH excluding ortho intramolecular Hbond substituents is 1. The second kappa shape index (κ2) is 11.2. The number of aromatic hydroxyl groups is 1. The lowest BCUT2D eigenvalue weighted by atomic mass is 9.92. The van der Waals surface area contributed by atoms with Gasteiger partial charge >= 0.3 is 6.01 Å². The zero-order valence-electron chi connectivity index (χ0n) is 26.3. The highest BCUT2D eigenvalue weighted by molar-refractivity contribution is 6.01. The summed E-state index contributed by atoms with van der Waals surface area (Å²) in [5.41, 5.74) is 0.708. The van der Waals surface area contributed by atoms with Gasteiger partial charge in [-0.05, 0) is 79.1 Å². The molecule has 46 heavy (non-hydrogen) atoms. The van der Waals surface area contributed by atoms with E-state index in [-0.39, 0.29) is 34.3 Å². The van der Waals surface area contributed by atoms with Crippen LogP contribution >= 0.6 is 0 Å². The third-order valence-electron chi connectivity index (χ3n) is 10.4. The third-order valence-corrected chi connectivity index (χ3v) is 10.4. The summed E-state index contributed by atoms with van der Waals surface area (Å²) in [7, 11) is 0. The molecular weight excluding hydrogens is 592 g/mol. The van der Waals surface area contributed by atoms with Crippen molar-refractivity contribution in [1.29, 1.82) is 0 Å². The van der Waals surface area contributed by atoms with Crippen molar-refractivity contribution in [3.63, 3.8) is 0 Å². The quantitative estimate of drug-likeness (QED) is 0.276. The van der Waals surface area contributed by atoms with Crippen LogP contribution in [0.15, 0.2) is 30.5 Å². The first-order valence-corrected chi connectivity index (χ1v) is 16.5. The minimum Gasteiger partial charge on any atom is -0.508 e. The van der Waals surface area contributed by atoms with Gasteiger partial charge in [0.2, 0.25) is 0 Å². The highest BCUT2D eigenvalue weighted by Crippen LogP contribution is 2.43. The molecule has 1 N–H and O–H groups in total. The number of hydrogen-bond acceptors (Lipinski definition) is 9. The molecule has 6 heterocycles. The lowest BCUT2D eigenvalue weighted by molar-refractivity contribution is -0.161. The molecule has 4 aliphatic rings. The predicted octanol–water partition coefficient (Wildman–Crippen LogP) is 5.99. The molecule has 0 bridgehead atoms. The van der Waals surface area contributed by atoms with E-state index in [9.17, 15) is 9.50 Å². The van der Waals surface area contributed by atoms with Gasteiger partial charge in [-0.1, -0.05) is 19.9 Å². The number of halogens is 2. The molecule has 2 aromatic heterocycles. The molecule has 9 nitrogen and oxygen atoms in total.